The first kappa shape index (κ1) is 17.5. The Morgan fingerprint density at radius 1 is 1.29 bits per heavy atom. The van der Waals surface area contributed by atoms with Gasteiger partial charge in [-0.05, 0) is 18.2 Å². The molecule has 1 N–H and O–H groups in total. The lowest BCUT2D eigenvalue weighted by Gasteiger charge is -2.16. The summed E-state index contributed by atoms with van der Waals surface area (Å²) >= 11 is 0. The van der Waals surface area contributed by atoms with Crippen molar-refractivity contribution in [2.24, 2.45) is 0 Å². The standard InChI is InChI=1S/C11H14FNO6S2/c1-13(6-5-11(14)15)21(18,19)8-3-4-10(9(12)7-8)20(2,16)17/h3-4,7H,5-6H2,1-2H3,(H,14,15). The lowest BCUT2D eigenvalue weighted by molar-refractivity contribution is -0.137. The van der Waals surface area contributed by atoms with Gasteiger partial charge in [-0.2, -0.15) is 0 Å². The zero-order valence-corrected chi connectivity index (χ0v) is 12.9. The van der Waals surface area contributed by atoms with Crippen LogP contribution in [-0.4, -0.2) is 52.1 Å². The van der Waals surface area contributed by atoms with Crippen LogP contribution in [0.25, 0.3) is 0 Å². The molecule has 1 aromatic rings. The molecule has 0 amide bonds. The van der Waals surface area contributed by atoms with Gasteiger partial charge < -0.3 is 5.11 Å². The van der Waals surface area contributed by atoms with Gasteiger partial charge in [-0.15, -0.1) is 0 Å². The van der Waals surface area contributed by atoms with Gasteiger partial charge in [0.05, 0.1) is 11.3 Å². The molecule has 0 saturated carbocycles. The normalized spacial score (nSPS) is 12.6. The molecule has 0 aliphatic rings. The molecule has 7 nitrogen and oxygen atoms in total. The summed E-state index contributed by atoms with van der Waals surface area (Å²) in [7, 11) is -6.73. The molecule has 1 rings (SSSR count). The number of nitrogens with zero attached hydrogens (tertiary/aromatic N) is 1. The summed E-state index contributed by atoms with van der Waals surface area (Å²) in [6.07, 6.45) is 0.401. The van der Waals surface area contributed by atoms with Crippen molar-refractivity contribution in [3.63, 3.8) is 0 Å². The van der Waals surface area contributed by atoms with Gasteiger partial charge in [-0.1, -0.05) is 0 Å². The van der Waals surface area contributed by atoms with E-state index in [1.165, 1.54) is 0 Å². The molecule has 0 saturated heterocycles. The minimum Gasteiger partial charge on any atom is -0.481 e. The highest BCUT2D eigenvalue weighted by Crippen LogP contribution is 2.21. The fourth-order valence-electron chi connectivity index (χ4n) is 1.50. The summed E-state index contributed by atoms with van der Waals surface area (Å²) in [5.74, 6) is -2.35. The molecular weight excluding hydrogens is 325 g/mol. The Kier molecular flexibility index (Phi) is 5.07. The Labute approximate surface area is 122 Å². The van der Waals surface area contributed by atoms with E-state index in [-0.39, 0.29) is 6.54 Å². The fraction of sp³-hybridized carbons (Fsp3) is 0.364. The SMILES string of the molecule is CN(CCC(=O)O)S(=O)(=O)c1ccc(S(C)(=O)=O)c(F)c1. The molecule has 21 heavy (non-hydrogen) atoms. The van der Waals surface area contributed by atoms with Crippen molar-refractivity contribution in [1.29, 1.82) is 0 Å². The molecule has 0 aromatic heterocycles. The molecule has 118 valence electrons. The number of hydrogen-bond donors (Lipinski definition) is 1. The highest BCUT2D eigenvalue weighted by Gasteiger charge is 2.24. The van der Waals surface area contributed by atoms with Crippen molar-refractivity contribution >= 4 is 25.8 Å². The summed E-state index contributed by atoms with van der Waals surface area (Å²) in [4.78, 5) is 9.38. The Morgan fingerprint density at radius 3 is 2.29 bits per heavy atom. The van der Waals surface area contributed by atoms with Crippen LogP contribution in [0.1, 0.15) is 6.42 Å². The molecule has 0 fully saturated rings. The van der Waals surface area contributed by atoms with Gasteiger partial charge in [0.1, 0.15) is 10.7 Å². The Balaban J connectivity index is 3.16. The predicted octanol–water partition coefficient (Wildman–Crippen LogP) is 0.324. The lowest BCUT2D eigenvalue weighted by Crippen LogP contribution is -2.29. The van der Waals surface area contributed by atoms with Crippen molar-refractivity contribution in [3.8, 4) is 0 Å². The van der Waals surface area contributed by atoms with Crippen molar-refractivity contribution in [1.82, 2.24) is 4.31 Å². The first-order chi connectivity index (χ1) is 9.46. The smallest absolute Gasteiger partial charge is 0.304 e. The first-order valence-corrected chi connectivity index (χ1v) is 8.97. The van der Waals surface area contributed by atoms with Crippen molar-refractivity contribution < 1.29 is 31.1 Å². The van der Waals surface area contributed by atoms with Gasteiger partial charge in [0.15, 0.2) is 9.84 Å². The molecule has 0 atom stereocenters. The molecule has 1 aromatic carbocycles. The van der Waals surface area contributed by atoms with E-state index in [1.54, 1.807) is 0 Å². The highest BCUT2D eigenvalue weighted by molar-refractivity contribution is 7.90. The van der Waals surface area contributed by atoms with Gasteiger partial charge >= 0.3 is 5.97 Å². The summed E-state index contributed by atoms with van der Waals surface area (Å²) in [6, 6.07) is 2.43. The van der Waals surface area contributed by atoms with Crippen LogP contribution in [0, 0.1) is 5.82 Å². The molecule has 0 radical (unpaired) electrons. The average Bonchev–Trinajstić information content (AvgIpc) is 2.33. The Hall–Kier alpha value is -1.52. The monoisotopic (exact) mass is 339 g/mol. The number of carboxylic acid groups (broad SMARTS) is 1. The van der Waals surface area contributed by atoms with Crippen LogP contribution in [0.2, 0.25) is 0 Å². The van der Waals surface area contributed by atoms with Crippen molar-refractivity contribution in [2.45, 2.75) is 16.2 Å². The number of halogens is 1. The largest absolute Gasteiger partial charge is 0.481 e. The van der Waals surface area contributed by atoms with Crippen LogP contribution < -0.4 is 0 Å². The summed E-state index contributed by atoms with van der Waals surface area (Å²) in [6.45, 7) is -0.285. The molecular formula is C11H14FNO6S2. The van der Waals surface area contributed by atoms with Crippen molar-refractivity contribution in [3.05, 3.63) is 24.0 Å². The summed E-state index contributed by atoms with van der Waals surface area (Å²) in [5.41, 5.74) is 0. The minimum absolute atomic E-state index is 0.285. The zero-order valence-electron chi connectivity index (χ0n) is 11.3. The van der Waals surface area contributed by atoms with Gasteiger partial charge in [-0.3, -0.25) is 4.79 Å². The number of sulfone groups is 1. The first-order valence-electron chi connectivity index (χ1n) is 5.64. The molecule has 0 bridgehead atoms. The second-order valence-electron chi connectivity index (χ2n) is 4.33. The van der Waals surface area contributed by atoms with E-state index >= 15 is 0 Å². The molecule has 0 spiro atoms. The second kappa shape index (κ2) is 6.08. The number of benzene rings is 1. The van der Waals surface area contributed by atoms with E-state index in [0.717, 1.165) is 29.7 Å². The maximum Gasteiger partial charge on any atom is 0.304 e. The number of sulfonamides is 1. The second-order valence-corrected chi connectivity index (χ2v) is 8.36. The summed E-state index contributed by atoms with van der Waals surface area (Å²) in [5, 5.41) is 8.52. The quantitative estimate of drug-likeness (QED) is 0.800. The Bertz CT molecular complexity index is 757. The van der Waals surface area contributed by atoms with Gasteiger partial charge in [0.2, 0.25) is 10.0 Å². The maximum absolute atomic E-state index is 13.7. The van der Waals surface area contributed by atoms with E-state index in [0.29, 0.717) is 6.07 Å². The van der Waals surface area contributed by atoms with Crippen molar-refractivity contribution in [2.75, 3.05) is 19.8 Å². The van der Waals surface area contributed by atoms with Gasteiger partial charge in [0.25, 0.3) is 0 Å². The molecule has 10 heteroatoms. The molecule has 0 unspecified atom stereocenters. The lowest BCUT2D eigenvalue weighted by atomic mass is 10.3. The number of hydrogen-bond acceptors (Lipinski definition) is 5. The van der Waals surface area contributed by atoms with E-state index in [4.69, 9.17) is 5.11 Å². The van der Waals surface area contributed by atoms with Crippen LogP contribution in [0.4, 0.5) is 4.39 Å². The summed E-state index contributed by atoms with van der Waals surface area (Å²) < 4.78 is 61.1. The zero-order chi connectivity index (χ0) is 16.4. The van der Waals surface area contributed by atoms with E-state index in [9.17, 15) is 26.0 Å². The van der Waals surface area contributed by atoms with Crippen LogP contribution in [0.5, 0.6) is 0 Å². The third-order valence-corrected chi connectivity index (χ3v) is 5.63. The maximum atomic E-state index is 13.7. The third kappa shape index (κ3) is 4.22. The van der Waals surface area contributed by atoms with Gasteiger partial charge in [0, 0.05) is 19.8 Å². The van der Waals surface area contributed by atoms with Gasteiger partial charge in [-0.25, -0.2) is 25.5 Å². The molecule has 0 heterocycles. The number of carbonyl (C=O) groups is 1. The van der Waals surface area contributed by atoms with Crippen LogP contribution >= 0.6 is 0 Å². The predicted molar refractivity (Wildman–Crippen MR) is 71.6 cm³/mol. The van der Waals surface area contributed by atoms with Crippen LogP contribution in [-0.2, 0) is 24.7 Å². The number of aliphatic carboxylic acids is 1. The number of rotatable bonds is 6. The van der Waals surface area contributed by atoms with E-state index in [1.807, 2.05) is 0 Å². The third-order valence-electron chi connectivity index (χ3n) is 2.65. The molecule has 0 aliphatic carbocycles. The fourth-order valence-corrected chi connectivity index (χ4v) is 3.41. The topological polar surface area (TPSA) is 109 Å². The van der Waals surface area contributed by atoms with Crippen LogP contribution in [0.3, 0.4) is 0 Å². The van der Waals surface area contributed by atoms with E-state index in [2.05, 4.69) is 0 Å². The Morgan fingerprint density at radius 2 is 1.86 bits per heavy atom. The van der Waals surface area contributed by atoms with Crippen LogP contribution in [0.15, 0.2) is 28.0 Å². The number of carboxylic acids is 1. The molecule has 0 aliphatic heterocycles. The minimum atomic E-state index is -4.08. The highest BCUT2D eigenvalue weighted by atomic mass is 32.2. The average molecular weight is 339 g/mol. The van der Waals surface area contributed by atoms with E-state index < -0.39 is 47.9 Å².